The molecule has 7 heteroatoms. The third-order valence-corrected chi connectivity index (χ3v) is 5.98. The number of amides is 1. The predicted octanol–water partition coefficient (Wildman–Crippen LogP) is 4.55. The predicted molar refractivity (Wildman–Crippen MR) is 117 cm³/mol. The highest BCUT2D eigenvalue weighted by atomic mass is 32.2. The van der Waals surface area contributed by atoms with Gasteiger partial charge in [-0.05, 0) is 59.8 Å². The van der Waals surface area contributed by atoms with E-state index in [9.17, 15) is 4.79 Å². The molecule has 0 bridgehead atoms. The van der Waals surface area contributed by atoms with Gasteiger partial charge in [0.25, 0.3) is 0 Å². The summed E-state index contributed by atoms with van der Waals surface area (Å²) in [4.78, 5) is 12.8. The van der Waals surface area contributed by atoms with Gasteiger partial charge in [0.05, 0.1) is 10.9 Å². The molecule has 0 aliphatic carbocycles. The van der Waals surface area contributed by atoms with Crippen molar-refractivity contribution in [3.63, 3.8) is 0 Å². The number of anilines is 1. The topological polar surface area (TPSA) is 72.7 Å². The van der Waals surface area contributed by atoms with E-state index in [2.05, 4.69) is 33.8 Å². The maximum absolute atomic E-state index is 12.8. The van der Waals surface area contributed by atoms with Crippen LogP contribution in [-0.2, 0) is 4.79 Å². The Balaban J connectivity index is 1.54. The van der Waals surface area contributed by atoms with Crippen molar-refractivity contribution in [3.05, 3.63) is 71.8 Å². The molecule has 0 unspecified atom stereocenters. The molecule has 1 heterocycles. The first-order chi connectivity index (χ1) is 14.0. The molecule has 0 radical (unpaired) electrons. The Morgan fingerprint density at radius 2 is 1.79 bits per heavy atom. The summed E-state index contributed by atoms with van der Waals surface area (Å²) >= 11 is 1.33. The molecule has 146 valence electrons. The van der Waals surface area contributed by atoms with Crippen molar-refractivity contribution in [2.75, 3.05) is 5.32 Å². The lowest BCUT2D eigenvalue weighted by Crippen LogP contribution is -2.23. The van der Waals surface area contributed by atoms with Gasteiger partial charge in [0.2, 0.25) is 11.1 Å². The summed E-state index contributed by atoms with van der Waals surface area (Å²) in [6.45, 7) is 5.95. The number of aryl methyl sites for hydroxylation is 1. The molecule has 3 aromatic carbocycles. The molecule has 1 aromatic heterocycles. The molecular formula is C22H21N5OS. The zero-order valence-corrected chi connectivity index (χ0v) is 17.3. The molecule has 0 aliphatic heterocycles. The number of rotatable bonds is 5. The van der Waals surface area contributed by atoms with Gasteiger partial charge in [-0.25, -0.2) is 0 Å². The van der Waals surface area contributed by atoms with E-state index in [1.54, 1.807) is 4.68 Å². The summed E-state index contributed by atoms with van der Waals surface area (Å²) in [6.07, 6.45) is 0. The molecule has 0 fully saturated rings. The molecular weight excluding hydrogens is 382 g/mol. The summed E-state index contributed by atoms with van der Waals surface area (Å²) in [5.74, 6) is -0.0955. The van der Waals surface area contributed by atoms with Crippen molar-refractivity contribution < 1.29 is 4.79 Å². The van der Waals surface area contributed by atoms with Crippen molar-refractivity contribution >= 4 is 34.1 Å². The molecule has 6 nitrogen and oxygen atoms in total. The number of hydrogen-bond donors (Lipinski definition) is 1. The van der Waals surface area contributed by atoms with Gasteiger partial charge < -0.3 is 5.32 Å². The van der Waals surface area contributed by atoms with Crippen LogP contribution in [0.2, 0.25) is 0 Å². The number of hydrogen-bond acceptors (Lipinski definition) is 5. The largest absolute Gasteiger partial charge is 0.325 e. The van der Waals surface area contributed by atoms with Crippen LogP contribution in [0.3, 0.4) is 0 Å². The van der Waals surface area contributed by atoms with Crippen molar-refractivity contribution in [1.29, 1.82) is 0 Å². The highest BCUT2D eigenvalue weighted by Crippen LogP contribution is 2.27. The van der Waals surface area contributed by atoms with E-state index < -0.39 is 0 Å². The first-order valence-corrected chi connectivity index (χ1v) is 10.2. The molecule has 4 rings (SSSR count). The zero-order valence-electron chi connectivity index (χ0n) is 16.5. The maximum Gasteiger partial charge on any atom is 0.237 e. The first-order valence-electron chi connectivity index (χ1n) is 9.35. The first kappa shape index (κ1) is 19.1. The number of nitrogens with zero attached hydrogens (tertiary/aromatic N) is 4. The minimum atomic E-state index is -0.371. The molecule has 1 atom stereocenters. The smallest absolute Gasteiger partial charge is 0.237 e. The fraction of sp³-hybridized carbons (Fsp3) is 0.182. The SMILES string of the molecule is Cc1cccc(-n2nnnc2S[C@H](C)C(=O)Nc2cccc3ccccc23)c1C. The lowest BCUT2D eigenvalue weighted by Gasteiger charge is -2.14. The Labute approximate surface area is 173 Å². The van der Waals surface area contributed by atoms with Crippen LogP contribution >= 0.6 is 11.8 Å². The van der Waals surface area contributed by atoms with Crippen LogP contribution < -0.4 is 5.32 Å². The summed E-state index contributed by atoms with van der Waals surface area (Å²) in [5.41, 5.74) is 3.99. The second-order valence-electron chi connectivity index (χ2n) is 6.87. The number of nitrogens with one attached hydrogen (secondary N) is 1. The van der Waals surface area contributed by atoms with Gasteiger partial charge in [-0.1, -0.05) is 60.3 Å². The third-order valence-electron chi connectivity index (χ3n) is 4.94. The normalized spacial score (nSPS) is 12.1. The quantitative estimate of drug-likeness (QED) is 0.495. The average Bonchev–Trinajstić information content (AvgIpc) is 3.18. The lowest BCUT2D eigenvalue weighted by molar-refractivity contribution is -0.115. The fourth-order valence-corrected chi connectivity index (χ4v) is 3.95. The van der Waals surface area contributed by atoms with Crippen LogP contribution in [-0.4, -0.2) is 31.4 Å². The van der Waals surface area contributed by atoms with Crippen molar-refractivity contribution in [2.45, 2.75) is 31.2 Å². The van der Waals surface area contributed by atoms with Crippen molar-refractivity contribution in [2.24, 2.45) is 0 Å². The molecule has 0 spiro atoms. The van der Waals surface area contributed by atoms with Crippen LogP contribution in [0.1, 0.15) is 18.1 Å². The van der Waals surface area contributed by atoms with Gasteiger partial charge in [-0.2, -0.15) is 4.68 Å². The van der Waals surface area contributed by atoms with Gasteiger partial charge in [0.15, 0.2) is 0 Å². The Hall–Kier alpha value is -3.19. The maximum atomic E-state index is 12.8. The molecule has 0 saturated heterocycles. The number of carbonyl (C=O) groups excluding carboxylic acids is 1. The van der Waals surface area contributed by atoms with Gasteiger partial charge in [-0.15, -0.1) is 5.10 Å². The fourth-order valence-electron chi connectivity index (χ4n) is 3.15. The van der Waals surface area contributed by atoms with E-state index in [1.165, 1.54) is 11.8 Å². The minimum absolute atomic E-state index is 0.0955. The van der Waals surface area contributed by atoms with Crippen LogP contribution in [0.25, 0.3) is 16.5 Å². The minimum Gasteiger partial charge on any atom is -0.325 e. The Morgan fingerprint density at radius 3 is 2.66 bits per heavy atom. The number of carbonyl (C=O) groups is 1. The van der Waals surface area contributed by atoms with Crippen LogP contribution in [0, 0.1) is 13.8 Å². The molecule has 29 heavy (non-hydrogen) atoms. The Kier molecular flexibility index (Phi) is 5.31. The van der Waals surface area contributed by atoms with Crippen molar-refractivity contribution in [1.82, 2.24) is 20.2 Å². The van der Waals surface area contributed by atoms with Crippen molar-refractivity contribution in [3.8, 4) is 5.69 Å². The molecule has 0 aliphatic rings. The summed E-state index contributed by atoms with van der Waals surface area (Å²) in [7, 11) is 0. The van der Waals surface area contributed by atoms with E-state index in [0.29, 0.717) is 5.16 Å². The number of thioether (sulfide) groups is 1. The van der Waals surface area contributed by atoms with E-state index in [0.717, 1.165) is 33.3 Å². The average molecular weight is 404 g/mol. The summed E-state index contributed by atoms with van der Waals surface area (Å²) in [6, 6.07) is 19.9. The summed E-state index contributed by atoms with van der Waals surface area (Å²) in [5, 5.41) is 17.4. The second kappa shape index (κ2) is 8.05. The monoisotopic (exact) mass is 403 g/mol. The standard InChI is InChI=1S/C22H21N5OS/c1-14-8-6-13-20(15(14)2)27-22(24-25-26-27)29-16(3)21(28)23-19-12-7-10-17-9-4-5-11-18(17)19/h4-13,16H,1-3H3,(H,23,28)/t16-/m1/s1. The Bertz CT molecular complexity index is 1180. The van der Waals surface area contributed by atoms with Gasteiger partial charge >= 0.3 is 0 Å². The van der Waals surface area contributed by atoms with E-state index in [-0.39, 0.29) is 11.2 Å². The van der Waals surface area contributed by atoms with Gasteiger partial charge in [-0.3, -0.25) is 4.79 Å². The van der Waals surface area contributed by atoms with E-state index in [1.807, 2.05) is 68.4 Å². The lowest BCUT2D eigenvalue weighted by atomic mass is 10.1. The molecule has 1 N–H and O–H groups in total. The highest BCUT2D eigenvalue weighted by molar-refractivity contribution is 8.00. The van der Waals surface area contributed by atoms with Crippen LogP contribution in [0.5, 0.6) is 0 Å². The molecule has 4 aromatic rings. The molecule has 1 amide bonds. The number of aromatic nitrogens is 4. The Morgan fingerprint density at radius 1 is 1.03 bits per heavy atom. The highest BCUT2D eigenvalue weighted by Gasteiger charge is 2.20. The van der Waals surface area contributed by atoms with E-state index >= 15 is 0 Å². The van der Waals surface area contributed by atoms with Crippen LogP contribution in [0.15, 0.2) is 65.8 Å². The second-order valence-corrected chi connectivity index (χ2v) is 8.18. The summed E-state index contributed by atoms with van der Waals surface area (Å²) < 4.78 is 1.69. The van der Waals surface area contributed by atoms with Gasteiger partial charge in [0.1, 0.15) is 0 Å². The van der Waals surface area contributed by atoms with Crippen LogP contribution in [0.4, 0.5) is 5.69 Å². The number of tetrazole rings is 1. The number of benzene rings is 3. The third kappa shape index (κ3) is 3.86. The van der Waals surface area contributed by atoms with Gasteiger partial charge in [0, 0.05) is 11.1 Å². The van der Waals surface area contributed by atoms with E-state index in [4.69, 9.17) is 0 Å². The molecule has 0 saturated carbocycles. The zero-order chi connectivity index (χ0) is 20.4. The number of fused-ring (bicyclic) bond motifs is 1.